The normalized spacial score (nSPS) is 25.1. The number of carbonyl (C=O) groups excluding carboxylic acids is 2. The number of nitrogen functional groups attached to an aromatic ring is 1. The van der Waals surface area contributed by atoms with E-state index in [-0.39, 0.29) is 23.7 Å². The van der Waals surface area contributed by atoms with Crippen molar-refractivity contribution in [1.82, 2.24) is 4.90 Å². The van der Waals surface area contributed by atoms with E-state index in [1.807, 2.05) is 6.07 Å². The number of imide groups is 1. The molecule has 2 unspecified atom stereocenters. The van der Waals surface area contributed by atoms with Gasteiger partial charge in [0.25, 0.3) is 0 Å². The number of hydrogen-bond donors (Lipinski definition) is 1. The van der Waals surface area contributed by atoms with Crippen LogP contribution in [0.3, 0.4) is 0 Å². The number of anilines is 1. The SMILES string of the molecule is COc1ccc(CN2C(=O)C3CCCC3C2=O)cc1N. The molecule has 3 rings (SSSR count). The monoisotopic (exact) mass is 274 g/mol. The molecule has 106 valence electrons. The number of ether oxygens (including phenoxy) is 1. The van der Waals surface area contributed by atoms with Gasteiger partial charge in [0, 0.05) is 0 Å². The van der Waals surface area contributed by atoms with Crippen molar-refractivity contribution in [3.05, 3.63) is 23.8 Å². The molecule has 2 N–H and O–H groups in total. The number of nitrogens with two attached hydrogens (primary N) is 1. The molecular weight excluding hydrogens is 256 g/mol. The predicted octanol–water partition coefficient (Wildman–Crippen LogP) is 1.56. The second-order valence-corrected chi connectivity index (χ2v) is 5.48. The molecule has 1 aliphatic heterocycles. The predicted molar refractivity (Wildman–Crippen MR) is 73.8 cm³/mol. The Labute approximate surface area is 117 Å². The zero-order valence-electron chi connectivity index (χ0n) is 11.5. The molecule has 1 saturated heterocycles. The van der Waals surface area contributed by atoms with Crippen LogP contribution < -0.4 is 10.5 Å². The average Bonchev–Trinajstić information content (AvgIpc) is 2.99. The van der Waals surface area contributed by atoms with Crippen LogP contribution >= 0.6 is 0 Å². The average molecular weight is 274 g/mol. The van der Waals surface area contributed by atoms with E-state index in [0.717, 1.165) is 24.8 Å². The van der Waals surface area contributed by atoms with Crippen LogP contribution in [0.1, 0.15) is 24.8 Å². The van der Waals surface area contributed by atoms with E-state index in [0.29, 0.717) is 18.0 Å². The number of fused-ring (bicyclic) bond motifs is 1. The number of likely N-dealkylation sites (tertiary alicyclic amines) is 1. The summed E-state index contributed by atoms with van der Waals surface area (Å²) >= 11 is 0. The molecule has 20 heavy (non-hydrogen) atoms. The van der Waals surface area contributed by atoms with E-state index in [1.54, 1.807) is 19.2 Å². The summed E-state index contributed by atoms with van der Waals surface area (Å²) in [5.74, 6) is 0.389. The first-order chi connectivity index (χ1) is 9.61. The fraction of sp³-hybridized carbons (Fsp3) is 0.467. The zero-order chi connectivity index (χ0) is 14.3. The molecule has 2 atom stereocenters. The Hall–Kier alpha value is -2.04. The molecule has 5 nitrogen and oxygen atoms in total. The molecule has 2 amide bonds. The van der Waals surface area contributed by atoms with Crippen LogP contribution in [0, 0.1) is 11.8 Å². The minimum Gasteiger partial charge on any atom is -0.495 e. The van der Waals surface area contributed by atoms with E-state index in [2.05, 4.69) is 0 Å². The van der Waals surface area contributed by atoms with E-state index < -0.39 is 0 Å². The minimum absolute atomic E-state index is 0.0214. The van der Waals surface area contributed by atoms with Crippen molar-refractivity contribution in [3.8, 4) is 5.75 Å². The van der Waals surface area contributed by atoms with Crippen LogP contribution in [0.2, 0.25) is 0 Å². The maximum atomic E-state index is 12.3. The first-order valence-corrected chi connectivity index (χ1v) is 6.89. The van der Waals surface area contributed by atoms with Crippen molar-refractivity contribution in [2.75, 3.05) is 12.8 Å². The molecule has 0 bridgehead atoms. The number of carbonyl (C=O) groups is 2. The summed E-state index contributed by atoms with van der Waals surface area (Å²) in [5.41, 5.74) is 7.22. The second-order valence-electron chi connectivity index (χ2n) is 5.48. The summed E-state index contributed by atoms with van der Waals surface area (Å²) in [5, 5.41) is 0. The molecule has 2 fully saturated rings. The summed E-state index contributed by atoms with van der Waals surface area (Å²) in [6.07, 6.45) is 2.67. The fourth-order valence-electron chi connectivity index (χ4n) is 3.28. The number of rotatable bonds is 3. The number of amides is 2. The molecule has 1 aromatic rings. The third-order valence-electron chi connectivity index (χ3n) is 4.32. The van der Waals surface area contributed by atoms with Gasteiger partial charge in [-0.1, -0.05) is 12.5 Å². The Morgan fingerprint density at radius 1 is 1.25 bits per heavy atom. The first kappa shape index (κ1) is 13.0. The topological polar surface area (TPSA) is 72.6 Å². The number of benzene rings is 1. The van der Waals surface area contributed by atoms with Gasteiger partial charge in [-0.2, -0.15) is 0 Å². The van der Waals surface area contributed by atoms with Gasteiger partial charge in [-0.3, -0.25) is 14.5 Å². The van der Waals surface area contributed by atoms with Crippen molar-refractivity contribution in [2.45, 2.75) is 25.8 Å². The summed E-state index contributed by atoms with van der Waals surface area (Å²) < 4.78 is 5.10. The first-order valence-electron chi connectivity index (χ1n) is 6.89. The zero-order valence-corrected chi connectivity index (χ0v) is 11.5. The Bertz CT molecular complexity index is 548. The Morgan fingerprint density at radius 2 is 1.90 bits per heavy atom. The van der Waals surface area contributed by atoms with Crippen LogP contribution in [0.4, 0.5) is 5.69 Å². The van der Waals surface area contributed by atoms with Gasteiger partial charge in [0.2, 0.25) is 11.8 Å². The van der Waals surface area contributed by atoms with E-state index in [4.69, 9.17) is 10.5 Å². The Kier molecular flexibility index (Phi) is 3.12. The molecule has 1 heterocycles. The van der Waals surface area contributed by atoms with Gasteiger partial charge in [0.05, 0.1) is 31.2 Å². The van der Waals surface area contributed by atoms with E-state index in [9.17, 15) is 9.59 Å². The molecule has 5 heteroatoms. The van der Waals surface area contributed by atoms with Crippen LogP contribution in [-0.2, 0) is 16.1 Å². The highest BCUT2D eigenvalue weighted by atomic mass is 16.5. The summed E-state index contributed by atoms with van der Waals surface area (Å²) in [7, 11) is 1.56. The standard InChI is InChI=1S/C15H18N2O3/c1-20-13-6-5-9(7-12(13)16)8-17-14(18)10-3-2-4-11(10)15(17)19/h5-7,10-11H,2-4,8,16H2,1H3. The molecular formula is C15H18N2O3. The molecule has 2 aliphatic rings. The quantitative estimate of drug-likeness (QED) is 0.670. The number of methoxy groups -OCH3 is 1. The minimum atomic E-state index is -0.0851. The van der Waals surface area contributed by atoms with Crippen molar-refractivity contribution >= 4 is 17.5 Å². The fourth-order valence-corrected chi connectivity index (χ4v) is 3.28. The van der Waals surface area contributed by atoms with Gasteiger partial charge >= 0.3 is 0 Å². The lowest BCUT2D eigenvalue weighted by Gasteiger charge is -2.16. The molecule has 1 aromatic carbocycles. The molecule has 1 saturated carbocycles. The van der Waals surface area contributed by atoms with E-state index in [1.165, 1.54) is 4.90 Å². The highest BCUT2D eigenvalue weighted by Gasteiger charge is 2.49. The second kappa shape index (κ2) is 4.81. The summed E-state index contributed by atoms with van der Waals surface area (Å²) in [6.45, 7) is 0.304. The van der Waals surface area contributed by atoms with Crippen LogP contribution in [0.5, 0.6) is 5.75 Å². The van der Waals surface area contributed by atoms with Gasteiger partial charge in [-0.05, 0) is 30.5 Å². The lowest BCUT2D eigenvalue weighted by Crippen LogP contribution is -2.31. The van der Waals surface area contributed by atoms with Gasteiger partial charge in [0.1, 0.15) is 5.75 Å². The van der Waals surface area contributed by atoms with Crippen molar-refractivity contribution in [1.29, 1.82) is 0 Å². The van der Waals surface area contributed by atoms with E-state index >= 15 is 0 Å². The van der Waals surface area contributed by atoms with Crippen molar-refractivity contribution in [2.24, 2.45) is 11.8 Å². The molecule has 0 radical (unpaired) electrons. The lowest BCUT2D eigenvalue weighted by molar-refractivity contribution is -0.141. The Balaban J connectivity index is 1.80. The highest BCUT2D eigenvalue weighted by molar-refractivity contribution is 6.05. The molecule has 0 aromatic heterocycles. The smallest absolute Gasteiger partial charge is 0.233 e. The van der Waals surface area contributed by atoms with Gasteiger partial charge in [-0.15, -0.1) is 0 Å². The van der Waals surface area contributed by atoms with Crippen LogP contribution in [0.15, 0.2) is 18.2 Å². The van der Waals surface area contributed by atoms with Gasteiger partial charge < -0.3 is 10.5 Å². The van der Waals surface area contributed by atoms with Crippen molar-refractivity contribution in [3.63, 3.8) is 0 Å². The Morgan fingerprint density at radius 3 is 2.45 bits per heavy atom. The number of nitrogens with zero attached hydrogens (tertiary/aromatic N) is 1. The van der Waals surface area contributed by atoms with Gasteiger partial charge in [0.15, 0.2) is 0 Å². The maximum Gasteiger partial charge on any atom is 0.233 e. The van der Waals surface area contributed by atoms with Crippen LogP contribution in [0.25, 0.3) is 0 Å². The summed E-state index contributed by atoms with van der Waals surface area (Å²) in [6, 6.07) is 5.36. The highest BCUT2D eigenvalue weighted by Crippen LogP contribution is 2.40. The van der Waals surface area contributed by atoms with Gasteiger partial charge in [-0.25, -0.2) is 0 Å². The third kappa shape index (κ3) is 1.94. The van der Waals surface area contributed by atoms with Crippen LogP contribution in [-0.4, -0.2) is 23.8 Å². The maximum absolute atomic E-state index is 12.3. The molecule has 1 aliphatic carbocycles. The number of hydrogen-bond acceptors (Lipinski definition) is 4. The largest absolute Gasteiger partial charge is 0.495 e. The lowest BCUT2D eigenvalue weighted by atomic mass is 10.00. The van der Waals surface area contributed by atoms with Crippen molar-refractivity contribution < 1.29 is 14.3 Å². The summed E-state index contributed by atoms with van der Waals surface area (Å²) in [4.78, 5) is 25.9. The third-order valence-corrected chi connectivity index (χ3v) is 4.32. The molecule has 0 spiro atoms.